The summed E-state index contributed by atoms with van der Waals surface area (Å²) in [6, 6.07) is 2.16. The fraction of sp³-hybridized carbons (Fsp3) is 0.471. The van der Waals surface area contributed by atoms with E-state index in [2.05, 4.69) is 9.97 Å². The first-order valence-electron chi connectivity index (χ1n) is 8.06. The van der Waals surface area contributed by atoms with Crippen molar-refractivity contribution < 1.29 is 22.7 Å². The maximum absolute atomic E-state index is 12.7. The van der Waals surface area contributed by atoms with Gasteiger partial charge in [0.1, 0.15) is 0 Å². The van der Waals surface area contributed by atoms with Crippen LogP contribution in [0.4, 0.5) is 13.2 Å². The van der Waals surface area contributed by atoms with Gasteiger partial charge in [0.25, 0.3) is 5.56 Å². The molecule has 0 amide bonds. The van der Waals surface area contributed by atoms with Crippen LogP contribution in [0, 0.1) is 13.8 Å². The van der Waals surface area contributed by atoms with E-state index in [0.717, 1.165) is 23.1 Å². The number of nitrogens with one attached hydrogen (secondary N) is 1. The molecule has 2 aromatic heterocycles. The molecule has 0 aliphatic heterocycles. The zero-order valence-electron chi connectivity index (χ0n) is 15.3. The number of methoxy groups -OCH3 is 1. The van der Waals surface area contributed by atoms with E-state index < -0.39 is 17.4 Å². The first-order chi connectivity index (χ1) is 12.5. The number of hydrogen-bond donors (Lipinski definition) is 1. The fourth-order valence-electron chi connectivity index (χ4n) is 2.91. The first-order valence-corrected chi connectivity index (χ1v) is 9.05. The number of carbonyl (C=O) groups excluding carboxylic acids is 1. The molecule has 0 saturated heterocycles. The van der Waals surface area contributed by atoms with Gasteiger partial charge in [0, 0.05) is 30.1 Å². The summed E-state index contributed by atoms with van der Waals surface area (Å²) >= 11 is 0.760. The van der Waals surface area contributed by atoms with Crippen molar-refractivity contribution in [2.45, 2.75) is 38.1 Å². The Morgan fingerprint density at radius 2 is 2.04 bits per heavy atom. The number of aromatic amines is 1. The Labute approximate surface area is 158 Å². The molecule has 0 saturated carbocycles. The van der Waals surface area contributed by atoms with Crippen LogP contribution in [0.5, 0.6) is 0 Å². The molecule has 0 spiro atoms. The minimum Gasteiger partial charge on any atom is -0.383 e. The second-order valence-electron chi connectivity index (χ2n) is 6.10. The molecule has 0 bridgehead atoms. The van der Waals surface area contributed by atoms with Crippen molar-refractivity contribution in [1.82, 2.24) is 14.5 Å². The largest absolute Gasteiger partial charge is 0.433 e. The van der Waals surface area contributed by atoms with Crippen LogP contribution in [-0.2, 0) is 10.9 Å². The number of aryl methyl sites for hydroxylation is 1. The summed E-state index contributed by atoms with van der Waals surface area (Å²) in [5, 5.41) is -0.246. The lowest BCUT2D eigenvalue weighted by molar-refractivity contribution is -0.141. The predicted octanol–water partition coefficient (Wildman–Crippen LogP) is 3.39. The lowest BCUT2D eigenvalue weighted by atomic mass is 10.2. The third-order valence-electron chi connectivity index (χ3n) is 3.98. The molecular weight excluding hydrogens is 383 g/mol. The Morgan fingerprint density at radius 3 is 2.63 bits per heavy atom. The molecule has 0 fully saturated rings. The minimum atomic E-state index is -4.73. The van der Waals surface area contributed by atoms with E-state index in [0.29, 0.717) is 18.2 Å². The van der Waals surface area contributed by atoms with Gasteiger partial charge < -0.3 is 14.3 Å². The van der Waals surface area contributed by atoms with Gasteiger partial charge in [-0.1, -0.05) is 11.8 Å². The van der Waals surface area contributed by atoms with Crippen LogP contribution in [0.25, 0.3) is 0 Å². The summed E-state index contributed by atoms with van der Waals surface area (Å²) < 4.78 is 45.4. The normalized spacial score (nSPS) is 13.0. The molecule has 1 atom stereocenters. The number of aromatic nitrogens is 3. The van der Waals surface area contributed by atoms with Gasteiger partial charge in [0.15, 0.2) is 16.6 Å². The second kappa shape index (κ2) is 8.30. The quantitative estimate of drug-likeness (QED) is 0.436. The van der Waals surface area contributed by atoms with E-state index in [1.54, 1.807) is 13.2 Å². The number of alkyl halides is 3. The summed E-state index contributed by atoms with van der Waals surface area (Å²) in [5.41, 5.74) is -0.0759. The molecule has 0 radical (unpaired) electrons. The molecule has 148 valence electrons. The lowest BCUT2D eigenvalue weighted by Gasteiger charge is -2.17. The van der Waals surface area contributed by atoms with Gasteiger partial charge in [-0.3, -0.25) is 9.59 Å². The first kappa shape index (κ1) is 21.2. The van der Waals surface area contributed by atoms with Crippen LogP contribution in [0.15, 0.2) is 22.1 Å². The minimum absolute atomic E-state index is 0.0330. The van der Waals surface area contributed by atoms with Crippen LogP contribution < -0.4 is 5.56 Å². The molecule has 2 heterocycles. The van der Waals surface area contributed by atoms with Crippen LogP contribution >= 0.6 is 11.8 Å². The number of halogens is 3. The van der Waals surface area contributed by atoms with Crippen molar-refractivity contribution in [1.29, 1.82) is 0 Å². The number of ether oxygens (including phenoxy) is 1. The number of nitrogens with zero attached hydrogens (tertiary/aromatic N) is 2. The average molecular weight is 403 g/mol. The molecule has 2 rings (SSSR count). The van der Waals surface area contributed by atoms with E-state index >= 15 is 0 Å². The van der Waals surface area contributed by atoms with Gasteiger partial charge in [0.2, 0.25) is 0 Å². The topological polar surface area (TPSA) is 77.0 Å². The van der Waals surface area contributed by atoms with E-state index in [-0.39, 0.29) is 22.7 Å². The highest BCUT2D eigenvalue weighted by molar-refractivity contribution is 7.99. The van der Waals surface area contributed by atoms with Gasteiger partial charge in [-0.25, -0.2) is 4.98 Å². The Hall–Kier alpha value is -2.07. The maximum atomic E-state index is 12.7. The average Bonchev–Trinajstić information content (AvgIpc) is 2.86. The molecule has 27 heavy (non-hydrogen) atoms. The molecule has 0 aliphatic carbocycles. The van der Waals surface area contributed by atoms with Gasteiger partial charge in [0.05, 0.1) is 18.4 Å². The monoisotopic (exact) mass is 403 g/mol. The van der Waals surface area contributed by atoms with Crippen molar-refractivity contribution in [3.63, 3.8) is 0 Å². The van der Waals surface area contributed by atoms with Crippen molar-refractivity contribution in [3.05, 3.63) is 45.1 Å². The second-order valence-corrected chi connectivity index (χ2v) is 7.07. The van der Waals surface area contributed by atoms with Crippen LogP contribution in [0.3, 0.4) is 0 Å². The van der Waals surface area contributed by atoms with Gasteiger partial charge in [-0.15, -0.1) is 0 Å². The standard InChI is InChI=1S/C17H20F3N3O3S/c1-9-5-12(11(3)23(9)10(2)7-26-4)13(24)8-27-16-21-14(17(18,19)20)6-15(25)22-16/h5-6,10H,7-8H2,1-4H3,(H,21,22,25). The predicted molar refractivity (Wildman–Crippen MR) is 95.4 cm³/mol. The molecular formula is C17H20F3N3O3S. The van der Waals surface area contributed by atoms with Crippen molar-refractivity contribution in [2.24, 2.45) is 0 Å². The van der Waals surface area contributed by atoms with Crippen LogP contribution in [0.2, 0.25) is 0 Å². The highest BCUT2D eigenvalue weighted by Crippen LogP contribution is 2.28. The summed E-state index contributed by atoms with van der Waals surface area (Å²) in [6.45, 7) is 6.12. The highest BCUT2D eigenvalue weighted by Gasteiger charge is 2.33. The van der Waals surface area contributed by atoms with E-state index in [1.807, 2.05) is 25.3 Å². The summed E-state index contributed by atoms with van der Waals surface area (Å²) in [5.74, 6) is -0.406. The van der Waals surface area contributed by atoms with E-state index in [4.69, 9.17) is 4.74 Å². The number of thioether (sulfide) groups is 1. The molecule has 6 nitrogen and oxygen atoms in total. The number of H-pyrrole nitrogens is 1. The lowest BCUT2D eigenvalue weighted by Crippen LogP contribution is -2.17. The molecule has 1 unspecified atom stereocenters. The van der Waals surface area contributed by atoms with Gasteiger partial charge >= 0.3 is 6.18 Å². The van der Waals surface area contributed by atoms with Gasteiger partial charge in [-0.2, -0.15) is 13.2 Å². The number of carbonyl (C=O) groups is 1. The molecule has 0 aliphatic rings. The van der Waals surface area contributed by atoms with Gasteiger partial charge in [-0.05, 0) is 26.8 Å². The number of rotatable bonds is 7. The maximum Gasteiger partial charge on any atom is 0.433 e. The number of ketones is 1. The molecule has 1 N–H and O–H groups in total. The summed E-state index contributed by atoms with van der Waals surface area (Å²) in [4.78, 5) is 29.5. The summed E-state index contributed by atoms with van der Waals surface area (Å²) in [6.07, 6.45) is -4.73. The van der Waals surface area contributed by atoms with Crippen molar-refractivity contribution in [3.8, 4) is 0 Å². The smallest absolute Gasteiger partial charge is 0.383 e. The molecule has 2 aromatic rings. The fourth-order valence-corrected chi connectivity index (χ4v) is 3.67. The van der Waals surface area contributed by atoms with Crippen LogP contribution in [0.1, 0.15) is 40.4 Å². The van der Waals surface area contributed by atoms with Crippen LogP contribution in [-0.4, -0.2) is 39.8 Å². The SMILES string of the molecule is COCC(C)n1c(C)cc(C(=O)CSc2nc(C(F)(F)F)cc(=O)[nH]2)c1C. The van der Waals surface area contributed by atoms with Crippen molar-refractivity contribution >= 4 is 17.5 Å². The number of Topliss-reactive ketones (excluding diaryl/α,β-unsaturated/α-hetero) is 1. The molecule has 0 aromatic carbocycles. The third-order valence-corrected chi connectivity index (χ3v) is 4.86. The third kappa shape index (κ3) is 5.01. The van der Waals surface area contributed by atoms with E-state index in [1.165, 1.54) is 0 Å². The Balaban J connectivity index is 2.19. The molecule has 10 heteroatoms. The Kier molecular flexibility index (Phi) is 6.53. The Morgan fingerprint density at radius 1 is 1.37 bits per heavy atom. The van der Waals surface area contributed by atoms with E-state index in [9.17, 15) is 22.8 Å². The summed E-state index contributed by atoms with van der Waals surface area (Å²) in [7, 11) is 1.59. The van der Waals surface area contributed by atoms with Crippen molar-refractivity contribution in [2.75, 3.05) is 19.5 Å². The zero-order chi connectivity index (χ0) is 20.4. The highest BCUT2D eigenvalue weighted by atomic mass is 32.2. The Bertz CT molecular complexity index is 890. The zero-order valence-corrected chi connectivity index (χ0v) is 16.1. The number of hydrogen-bond acceptors (Lipinski definition) is 5.